The largest absolute Gasteiger partial charge is 0.496 e. The first-order chi connectivity index (χ1) is 7.81. The molecule has 0 bridgehead atoms. The van der Waals surface area contributed by atoms with Crippen LogP contribution in [0.2, 0.25) is 0 Å². The summed E-state index contributed by atoms with van der Waals surface area (Å²) in [6.07, 6.45) is 4.42. The number of rotatable bonds is 7. The molecule has 0 radical (unpaired) electrons. The molecule has 1 rings (SSSR count). The summed E-state index contributed by atoms with van der Waals surface area (Å²) in [6, 6.07) is 8.43. The summed E-state index contributed by atoms with van der Waals surface area (Å²) in [7, 11) is 1.70. The molecule has 0 heterocycles. The first kappa shape index (κ1) is 13.0. The molecular weight excluding hydrogens is 200 g/mol. The van der Waals surface area contributed by atoms with Crippen LogP contribution in [0.3, 0.4) is 0 Å². The third kappa shape index (κ3) is 3.83. The van der Waals surface area contributed by atoms with E-state index in [0.717, 1.165) is 18.6 Å². The van der Waals surface area contributed by atoms with Crippen molar-refractivity contribution in [3.63, 3.8) is 0 Å². The zero-order valence-corrected chi connectivity index (χ0v) is 10.2. The van der Waals surface area contributed by atoms with Gasteiger partial charge in [0, 0.05) is 6.04 Å². The Bertz CT molecular complexity index is 302. The van der Waals surface area contributed by atoms with Gasteiger partial charge in [-0.15, -0.1) is 0 Å². The van der Waals surface area contributed by atoms with Crippen LogP contribution in [0.4, 0.5) is 0 Å². The molecule has 0 saturated heterocycles. The quantitative estimate of drug-likeness (QED) is 0.549. The Balaban J connectivity index is 2.62. The maximum absolute atomic E-state index is 5.56. The van der Waals surface area contributed by atoms with Crippen molar-refractivity contribution >= 4 is 0 Å². The zero-order valence-electron chi connectivity index (χ0n) is 10.2. The van der Waals surface area contributed by atoms with Crippen molar-refractivity contribution in [1.29, 1.82) is 0 Å². The number of benzene rings is 1. The van der Waals surface area contributed by atoms with Crippen molar-refractivity contribution in [3.05, 3.63) is 29.8 Å². The molecule has 1 aromatic rings. The molecule has 0 amide bonds. The third-order valence-electron chi connectivity index (χ3n) is 2.80. The van der Waals surface area contributed by atoms with Gasteiger partial charge in [0.25, 0.3) is 0 Å². The van der Waals surface area contributed by atoms with E-state index in [1.807, 2.05) is 18.2 Å². The van der Waals surface area contributed by atoms with Gasteiger partial charge >= 0.3 is 0 Å². The molecule has 16 heavy (non-hydrogen) atoms. The number of hydrogen-bond acceptors (Lipinski definition) is 3. The van der Waals surface area contributed by atoms with Gasteiger partial charge in [-0.05, 0) is 24.5 Å². The van der Waals surface area contributed by atoms with Crippen molar-refractivity contribution in [2.24, 2.45) is 5.84 Å². The molecule has 0 aliphatic heterocycles. The average molecular weight is 222 g/mol. The smallest absolute Gasteiger partial charge is 0.122 e. The summed E-state index contributed by atoms with van der Waals surface area (Å²) in [4.78, 5) is 0. The fraction of sp³-hybridized carbons (Fsp3) is 0.538. The maximum Gasteiger partial charge on any atom is 0.122 e. The minimum absolute atomic E-state index is 0.330. The third-order valence-corrected chi connectivity index (χ3v) is 2.80. The van der Waals surface area contributed by atoms with Gasteiger partial charge in [0.1, 0.15) is 5.75 Å². The predicted octanol–water partition coefficient (Wildman–Crippen LogP) is 2.26. The van der Waals surface area contributed by atoms with E-state index in [1.165, 1.54) is 18.4 Å². The van der Waals surface area contributed by atoms with Gasteiger partial charge in [-0.25, -0.2) is 0 Å². The van der Waals surface area contributed by atoms with Crippen molar-refractivity contribution in [2.45, 2.75) is 38.6 Å². The van der Waals surface area contributed by atoms with Crippen molar-refractivity contribution in [3.8, 4) is 5.75 Å². The minimum Gasteiger partial charge on any atom is -0.496 e. The molecule has 0 aliphatic rings. The van der Waals surface area contributed by atoms with Gasteiger partial charge in [0.15, 0.2) is 0 Å². The van der Waals surface area contributed by atoms with Crippen LogP contribution < -0.4 is 16.0 Å². The van der Waals surface area contributed by atoms with Gasteiger partial charge < -0.3 is 4.74 Å². The molecule has 3 nitrogen and oxygen atoms in total. The van der Waals surface area contributed by atoms with Crippen LogP contribution in [-0.2, 0) is 6.42 Å². The first-order valence-corrected chi connectivity index (χ1v) is 5.89. The number of unbranched alkanes of at least 4 members (excludes halogenated alkanes) is 1. The summed E-state index contributed by atoms with van der Waals surface area (Å²) in [5.41, 5.74) is 4.09. The fourth-order valence-corrected chi connectivity index (χ4v) is 1.83. The SMILES string of the molecule is CCCCC(Cc1ccccc1OC)NN. The monoisotopic (exact) mass is 222 g/mol. The van der Waals surface area contributed by atoms with Gasteiger partial charge in [0.05, 0.1) is 7.11 Å². The second-order valence-electron chi connectivity index (χ2n) is 4.02. The molecule has 3 N–H and O–H groups in total. The number of ether oxygens (including phenoxy) is 1. The molecule has 0 aromatic heterocycles. The first-order valence-electron chi connectivity index (χ1n) is 5.89. The number of methoxy groups -OCH3 is 1. The summed E-state index contributed by atoms with van der Waals surface area (Å²) in [5, 5.41) is 0. The highest BCUT2D eigenvalue weighted by atomic mass is 16.5. The maximum atomic E-state index is 5.56. The topological polar surface area (TPSA) is 47.3 Å². The fourth-order valence-electron chi connectivity index (χ4n) is 1.83. The van der Waals surface area contributed by atoms with Crippen LogP contribution in [0, 0.1) is 0 Å². The van der Waals surface area contributed by atoms with Gasteiger partial charge in [-0.3, -0.25) is 11.3 Å². The molecule has 0 fully saturated rings. The summed E-state index contributed by atoms with van der Waals surface area (Å²) in [5.74, 6) is 6.51. The zero-order chi connectivity index (χ0) is 11.8. The molecule has 0 saturated carbocycles. The predicted molar refractivity (Wildman–Crippen MR) is 67.3 cm³/mol. The second-order valence-corrected chi connectivity index (χ2v) is 4.02. The molecule has 1 atom stereocenters. The van der Waals surface area contributed by atoms with E-state index in [2.05, 4.69) is 18.4 Å². The lowest BCUT2D eigenvalue weighted by Crippen LogP contribution is -2.36. The summed E-state index contributed by atoms with van der Waals surface area (Å²) in [6.45, 7) is 2.19. The van der Waals surface area contributed by atoms with E-state index < -0.39 is 0 Å². The lowest BCUT2D eigenvalue weighted by Gasteiger charge is -2.17. The number of nitrogens with two attached hydrogens (primary N) is 1. The summed E-state index contributed by atoms with van der Waals surface area (Å²) >= 11 is 0. The van der Waals surface area contributed by atoms with Crippen LogP contribution in [0.1, 0.15) is 31.7 Å². The normalized spacial score (nSPS) is 12.4. The van der Waals surface area contributed by atoms with E-state index in [0.29, 0.717) is 6.04 Å². The van der Waals surface area contributed by atoms with E-state index in [1.54, 1.807) is 7.11 Å². The standard InChI is InChI=1S/C13H22N2O/c1-3-4-8-12(15-14)10-11-7-5-6-9-13(11)16-2/h5-7,9,12,15H,3-4,8,10,14H2,1-2H3. The molecule has 0 aliphatic carbocycles. The Morgan fingerprint density at radius 3 is 2.75 bits per heavy atom. The Morgan fingerprint density at radius 1 is 1.38 bits per heavy atom. The van der Waals surface area contributed by atoms with Crippen LogP contribution in [0.15, 0.2) is 24.3 Å². The van der Waals surface area contributed by atoms with E-state index in [9.17, 15) is 0 Å². The average Bonchev–Trinajstić information content (AvgIpc) is 2.34. The van der Waals surface area contributed by atoms with Crippen LogP contribution >= 0.6 is 0 Å². The Hall–Kier alpha value is -1.06. The lowest BCUT2D eigenvalue weighted by molar-refractivity contribution is 0.401. The molecule has 0 spiro atoms. The van der Waals surface area contributed by atoms with Crippen molar-refractivity contribution < 1.29 is 4.74 Å². The summed E-state index contributed by atoms with van der Waals surface area (Å²) < 4.78 is 5.33. The Kier molecular flexibility index (Phi) is 5.90. The van der Waals surface area contributed by atoms with E-state index in [-0.39, 0.29) is 0 Å². The van der Waals surface area contributed by atoms with E-state index in [4.69, 9.17) is 10.6 Å². The van der Waals surface area contributed by atoms with Crippen molar-refractivity contribution in [1.82, 2.24) is 5.43 Å². The molecule has 1 unspecified atom stereocenters. The number of hydrazine groups is 1. The second kappa shape index (κ2) is 7.25. The molecular formula is C13H22N2O. The number of hydrogen-bond donors (Lipinski definition) is 2. The molecule has 90 valence electrons. The highest BCUT2D eigenvalue weighted by Crippen LogP contribution is 2.20. The van der Waals surface area contributed by atoms with Crippen LogP contribution in [0.5, 0.6) is 5.75 Å². The lowest BCUT2D eigenvalue weighted by atomic mass is 10.0. The van der Waals surface area contributed by atoms with Gasteiger partial charge in [0.2, 0.25) is 0 Å². The Morgan fingerprint density at radius 2 is 2.12 bits per heavy atom. The minimum atomic E-state index is 0.330. The van der Waals surface area contributed by atoms with Crippen LogP contribution in [-0.4, -0.2) is 13.2 Å². The molecule has 1 aromatic carbocycles. The van der Waals surface area contributed by atoms with Gasteiger partial charge in [-0.2, -0.15) is 0 Å². The van der Waals surface area contributed by atoms with Crippen molar-refractivity contribution in [2.75, 3.05) is 7.11 Å². The highest BCUT2D eigenvalue weighted by Gasteiger charge is 2.10. The van der Waals surface area contributed by atoms with Crippen LogP contribution in [0.25, 0.3) is 0 Å². The molecule has 3 heteroatoms. The van der Waals surface area contributed by atoms with E-state index >= 15 is 0 Å². The Labute approximate surface area is 98.0 Å². The number of nitrogens with one attached hydrogen (secondary N) is 1. The highest BCUT2D eigenvalue weighted by molar-refractivity contribution is 5.33. The van der Waals surface area contributed by atoms with Gasteiger partial charge in [-0.1, -0.05) is 38.0 Å². The number of para-hydroxylation sites is 1.